The lowest BCUT2D eigenvalue weighted by atomic mass is 10.1. The Balaban J connectivity index is 2.68. The summed E-state index contributed by atoms with van der Waals surface area (Å²) in [5.74, 6) is 1.36. The van der Waals surface area contributed by atoms with Crippen LogP contribution in [0, 0.1) is 17.2 Å². The van der Waals surface area contributed by atoms with E-state index in [9.17, 15) is 0 Å². The molecule has 1 aromatic rings. The molecule has 0 radical (unpaired) electrons. The third-order valence-corrected chi connectivity index (χ3v) is 2.25. The Bertz CT molecular complexity index is 427. The molecule has 96 valence electrons. The van der Waals surface area contributed by atoms with Crippen molar-refractivity contribution in [1.29, 1.82) is 5.26 Å². The van der Waals surface area contributed by atoms with Crippen LogP contribution in [0.4, 0.5) is 0 Å². The summed E-state index contributed by atoms with van der Waals surface area (Å²) in [6.45, 7) is 5.27. The van der Waals surface area contributed by atoms with E-state index in [0.29, 0.717) is 24.7 Å². The van der Waals surface area contributed by atoms with E-state index >= 15 is 0 Å². The van der Waals surface area contributed by atoms with Crippen molar-refractivity contribution in [2.24, 2.45) is 5.92 Å². The highest BCUT2D eigenvalue weighted by Gasteiger charge is 1.98. The first-order chi connectivity index (χ1) is 8.65. The topological polar surface area (TPSA) is 42.2 Å². The van der Waals surface area contributed by atoms with Crippen molar-refractivity contribution in [1.82, 2.24) is 0 Å². The maximum Gasteiger partial charge on any atom is 0.119 e. The second kappa shape index (κ2) is 7.52. The molecule has 0 spiro atoms. The normalized spacial score (nSPS) is 11.4. The number of hydrogen-bond donors (Lipinski definition) is 0. The zero-order valence-electron chi connectivity index (χ0n) is 11.1. The predicted octanol–water partition coefficient (Wildman–Crippen LogP) is 3.27. The Hall–Kier alpha value is -1.79. The highest BCUT2D eigenvalue weighted by Crippen LogP contribution is 2.15. The number of benzene rings is 1. The van der Waals surface area contributed by atoms with Crippen molar-refractivity contribution in [3.05, 3.63) is 35.4 Å². The number of methoxy groups -OCH3 is 1. The van der Waals surface area contributed by atoms with Gasteiger partial charge in [0.2, 0.25) is 0 Å². The lowest BCUT2D eigenvalue weighted by Gasteiger charge is -2.08. The summed E-state index contributed by atoms with van der Waals surface area (Å²) in [5, 5.41) is 8.90. The molecule has 0 aliphatic carbocycles. The highest BCUT2D eigenvalue weighted by molar-refractivity contribution is 5.57. The second-order valence-electron chi connectivity index (χ2n) is 4.49. The fourth-order valence-electron chi connectivity index (χ4n) is 1.39. The molecule has 0 atom stereocenters. The summed E-state index contributed by atoms with van der Waals surface area (Å²) >= 11 is 0. The molecule has 0 aromatic heterocycles. The third kappa shape index (κ3) is 5.03. The van der Waals surface area contributed by atoms with Gasteiger partial charge in [0.25, 0.3) is 0 Å². The van der Waals surface area contributed by atoms with Crippen LogP contribution >= 0.6 is 0 Å². The summed E-state index contributed by atoms with van der Waals surface area (Å²) in [5.41, 5.74) is 1.58. The van der Waals surface area contributed by atoms with Gasteiger partial charge in [0.05, 0.1) is 24.9 Å². The lowest BCUT2D eigenvalue weighted by molar-refractivity contribution is 0.229. The van der Waals surface area contributed by atoms with Gasteiger partial charge < -0.3 is 9.47 Å². The first-order valence-corrected chi connectivity index (χ1v) is 5.98. The summed E-state index contributed by atoms with van der Waals surface area (Å²) in [6.07, 6.45) is 1.82. The van der Waals surface area contributed by atoms with Crippen LogP contribution in [0.15, 0.2) is 29.8 Å². The van der Waals surface area contributed by atoms with Gasteiger partial charge in [-0.1, -0.05) is 26.0 Å². The number of rotatable bonds is 6. The van der Waals surface area contributed by atoms with Crippen LogP contribution in [0.5, 0.6) is 5.75 Å². The molecule has 0 saturated heterocycles. The average Bonchev–Trinajstić information content (AvgIpc) is 2.37. The number of nitrogens with zero attached hydrogens (tertiary/aromatic N) is 1. The Kier molecular flexibility index (Phi) is 5.96. The number of ether oxygens (including phenoxy) is 2. The molecule has 0 aliphatic rings. The van der Waals surface area contributed by atoms with Crippen LogP contribution in [0.3, 0.4) is 0 Å². The molecule has 0 heterocycles. The molecule has 3 nitrogen and oxygen atoms in total. The monoisotopic (exact) mass is 245 g/mol. The number of hydrogen-bond acceptors (Lipinski definition) is 3. The fourth-order valence-corrected chi connectivity index (χ4v) is 1.39. The molecule has 0 aliphatic heterocycles. The third-order valence-electron chi connectivity index (χ3n) is 2.25. The molecule has 18 heavy (non-hydrogen) atoms. The quantitative estimate of drug-likeness (QED) is 0.722. The second-order valence-corrected chi connectivity index (χ2v) is 4.49. The van der Waals surface area contributed by atoms with Gasteiger partial charge in [-0.2, -0.15) is 5.26 Å². The Morgan fingerprint density at radius 1 is 1.33 bits per heavy atom. The number of nitriles is 1. The first kappa shape index (κ1) is 14.3. The van der Waals surface area contributed by atoms with Crippen molar-refractivity contribution in [3.63, 3.8) is 0 Å². The van der Waals surface area contributed by atoms with E-state index in [1.165, 1.54) is 0 Å². The van der Waals surface area contributed by atoms with E-state index in [0.717, 1.165) is 11.3 Å². The highest BCUT2D eigenvalue weighted by atomic mass is 16.5. The van der Waals surface area contributed by atoms with Crippen molar-refractivity contribution >= 4 is 6.08 Å². The zero-order valence-corrected chi connectivity index (χ0v) is 11.1. The molecule has 0 fully saturated rings. The van der Waals surface area contributed by atoms with Gasteiger partial charge in [-0.3, -0.25) is 0 Å². The lowest BCUT2D eigenvalue weighted by Crippen LogP contribution is -2.04. The van der Waals surface area contributed by atoms with E-state index in [4.69, 9.17) is 14.7 Å². The van der Waals surface area contributed by atoms with Crippen LogP contribution in [-0.4, -0.2) is 20.3 Å². The molecule has 1 rings (SSSR count). The van der Waals surface area contributed by atoms with Crippen LogP contribution in [0.25, 0.3) is 6.08 Å². The van der Waals surface area contributed by atoms with Gasteiger partial charge in [0.15, 0.2) is 0 Å². The minimum atomic E-state index is 0.335. The van der Waals surface area contributed by atoms with E-state index in [1.807, 2.05) is 30.3 Å². The molecule has 0 bridgehead atoms. The Morgan fingerprint density at radius 2 is 2.00 bits per heavy atom. The van der Waals surface area contributed by atoms with Crippen LogP contribution < -0.4 is 4.74 Å². The molecule has 0 amide bonds. The molecular weight excluding hydrogens is 226 g/mol. The molecule has 0 saturated carbocycles. The Morgan fingerprint density at radius 3 is 2.50 bits per heavy atom. The van der Waals surface area contributed by atoms with Crippen molar-refractivity contribution in [2.45, 2.75) is 13.8 Å². The minimum Gasteiger partial charge on any atom is -0.493 e. The Labute approximate surface area is 109 Å². The summed E-state index contributed by atoms with van der Waals surface area (Å²) in [4.78, 5) is 0. The average molecular weight is 245 g/mol. The SMILES string of the molecule is COCC(C#N)=Cc1ccc(OCC(C)C)cc1. The van der Waals surface area contributed by atoms with E-state index in [-0.39, 0.29) is 0 Å². The largest absolute Gasteiger partial charge is 0.493 e. The van der Waals surface area contributed by atoms with Gasteiger partial charge in [-0.05, 0) is 29.7 Å². The van der Waals surface area contributed by atoms with E-state index < -0.39 is 0 Å². The van der Waals surface area contributed by atoms with Crippen LogP contribution in [0.1, 0.15) is 19.4 Å². The van der Waals surface area contributed by atoms with Gasteiger partial charge in [0.1, 0.15) is 5.75 Å². The van der Waals surface area contributed by atoms with Crippen LogP contribution in [-0.2, 0) is 4.74 Å². The first-order valence-electron chi connectivity index (χ1n) is 5.98. The van der Waals surface area contributed by atoms with Gasteiger partial charge in [0, 0.05) is 7.11 Å². The van der Waals surface area contributed by atoms with Gasteiger partial charge in [-0.25, -0.2) is 0 Å². The maximum absolute atomic E-state index is 8.90. The van der Waals surface area contributed by atoms with E-state index in [2.05, 4.69) is 19.9 Å². The molecule has 0 unspecified atom stereocenters. The van der Waals surface area contributed by atoms with Crippen molar-refractivity contribution in [2.75, 3.05) is 20.3 Å². The minimum absolute atomic E-state index is 0.335. The molecule has 3 heteroatoms. The van der Waals surface area contributed by atoms with E-state index in [1.54, 1.807) is 7.11 Å². The van der Waals surface area contributed by atoms with Gasteiger partial charge >= 0.3 is 0 Å². The van der Waals surface area contributed by atoms with Gasteiger partial charge in [-0.15, -0.1) is 0 Å². The van der Waals surface area contributed by atoms with Crippen LogP contribution in [0.2, 0.25) is 0 Å². The summed E-state index contributed by atoms with van der Waals surface area (Å²) in [6, 6.07) is 9.80. The molecule has 0 N–H and O–H groups in total. The summed E-state index contributed by atoms with van der Waals surface area (Å²) < 4.78 is 10.5. The molecular formula is C15H19NO2. The smallest absolute Gasteiger partial charge is 0.119 e. The molecule has 1 aromatic carbocycles. The summed E-state index contributed by atoms with van der Waals surface area (Å²) in [7, 11) is 1.58. The fraction of sp³-hybridized carbons (Fsp3) is 0.400. The van der Waals surface area contributed by atoms with Crippen molar-refractivity contribution < 1.29 is 9.47 Å². The standard InChI is InChI=1S/C15H19NO2/c1-12(2)10-18-15-6-4-13(5-7-15)8-14(9-16)11-17-3/h4-8,12H,10-11H2,1-3H3. The maximum atomic E-state index is 8.90. The van der Waals surface area contributed by atoms with Crippen molar-refractivity contribution in [3.8, 4) is 11.8 Å². The predicted molar refractivity (Wildman–Crippen MR) is 72.2 cm³/mol. The zero-order chi connectivity index (χ0) is 13.4.